The minimum Gasteiger partial charge on any atom is -0.346 e. The zero-order chi connectivity index (χ0) is 13.0. The van der Waals surface area contributed by atoms with Crippen LogP contribution in [0.15, 0.2) is 42.7 Å². The van der Waals surface area contributed by atoms with Crippen molar-refractivity contribution in [2.75, 3.05) is 13.6 Å². The highest BCUT2D eigenvalue weighted by molar-refractivity contribution is 5.78. The van der Waals surface area contributed by atoms with Crippen molar-refractivity contribution in [3.63, 3.8) is 0 Å². The molecule has 1 aromatic heterocycles. The molecule has 0 N–H and O–H groups in total. The minimum absolute atomic E-state index is 0.116. The molecule has 94 valence electrons. The van der Waals surface area contributed by atoms with E-state index in [1.165, 1.54) is 0 Å². The highest BCUT2D eigenvalue weighted by Gasteiger charge is 2.09. The predicted octanol–water partition coefficient (Wildman–Crippen LogP) is 1.89. The SMILES string of the molecule is CCN(C)C(=O)Cc1cnn(-c2ccccc2)c1. The third-order valence-corrected chi connectivity index (χ3v) is 2.91. The van der Waals surface area contributed by atoms with Crippen molar-refractivity contribution in [2.24, 2.45) is 0 Å². The van der Waals surface area contributed by atoms with Crippen molar-refractivity contribution in [3.05, 3.63) is 48.3 Å². The van der Waals surface area contributed by atoms with Crippen molar-refractivity contribution in [2.45, 2.75) is 13.3 Å². The van der Waals surface area contributed by atoms with Crippen LogP contribution in [0.5, 0.6) is 0 Å². The van der Waals surface area contributed by atoms with Crippen LogP contribution in [0.3, 0.4) is 0 Å². The van der Waals surface area contributed by atoms with Crippen LogP contribution >= 0.6 is 0 Å². The fourth-order valence-electron chi connectivity index (χ4n) is 1.66. The second-order valence-corrected chi connectivity index (χ2v) is 4.21. The summed E-state index contributed by atoms with van der Waals surface area (Å²) in [6.45, 7) is 2.69. The zero-order valence-electron chi connectivity index (χ0n) is 10.7. The van der Waals surface area contributed by atoms with E-state index >= 15 is 0 Å². The molecule has 0 radical (unpaired) electrons. The lowest BCUT2D eigenvalue weighted by Gasteiger charge is -2.13. The highest BCUT2D eigenvalue weighted by Crippen LogP contribution is 2.08. The summed E-state index contributed by atoms with van der Waals surface area (Å²) in [6, 6.07) is 9.86. The van der Waals surface area contributed by atoms with Gasteiger partial charge in [0.25, 0.3) is 0 Å². The first-order valence-corrected chi connectivity index (χ1v) is 6.03. The molecule has 4 heteroatoms. The molecule has 0 saturated carbocycles. The largest absolute Gasteiger partial charge is 0.346 e. The molecular formula is C14H17N3O. The average molecular weight is 243 g/mol. The first-order valence-electron chi connectivity index (χ1n) is 6.03. The van der Waals surface area contributed by atoms with E-state index in [2.05, 4.69) is 5.10 Å². The Balaban J connectivity index is 2.10. The first-order chi connectivity index (χ1) is 8.70. The number of aromatic nitrogens is 2. The van der Waals surface area contributed by atoms with Gasteiger partial charge >= 0.3 is 0 Å². The van der Waals surface area contributed by atoms with Crippen LogP contribution in [0.2, 0.25) is 0 Å². The summed E-state index contributed by atoms with van der Waals surface area (Å²) in [4.78, 5) is 13.5. The maximum Gasteiger partial charge on any atom is 0.226 e. The average Bonchev–Trinajstić information content (AvgIpc) is 2.87. The summed E-state index contributed by atoms with van der Waals surface area (Å²) in [5.74, 6) is 0.116. The summed E-state index contributed by atoms with van der Waals surface area (Å²) < 4.78 is 1.79. The lowest BCUT2D eigenvalue weighted by atomic mass is 10.2. The number of carbonyl (C=O) groups excluding carboxylic acids is 1. The maximum atomic E-state index is 11.8. The van der Waals surface area contributed by atoms with Crippen LogP contribution < -0.4 is 0 Å². The molecule has 0 fully saturated rings. The minimum atomic E-state index is 0.116. The molecule has 1 heterocycles. The molecule has 4 nitrogen and oxygen atoms in total. The second kappa shape index (κ2) is 5.49. The van der Waals surface area contributed by atoms with Gasteiger partial charge in [0.05, 0.1) is 18.3 Å². The van der Waals surface area contributed by atoms with Gasteiger partial charge in [0.15, 0.2) is 0 Å². The molecule has 0 unspecified atom stereocenters. The van der Waals surface area contributed by atoms with Gasteiger partial charge in [0.2, 0.25) is 5.91 Å². The number of rotatable bonds is 4. The van der Waals surface area contributed by atoms with Crippen molar-refractivity contribution in [1.29, 1.82) is 0 Å². The first kappa shape index (κ1) is 12.4. The number of nitrogens with zero attached hydrogens (tertiary/aromatic N) is 3. The van der Waals surface area contributed by atoms with E-state index in [4.69, 9.17) is 0 Å². The van der Waals surface area contributed by atoms with Crippen molar-refractivity contribution < 1.29 is 4.79 Å². The Hall–Kier alpha value is -2.10. The van der Waals surface area contributed by atoms with Crippen molar-refractivity contribution in [1.82, 2.24) is 14.7 Å². The third-order valence-electron chi connectivity index (χ3n) is 2.91. The highest BCUT2D eigenvalue weighted by atomic mass is 16.2. The molecule has 0 atom stereocenters. The van der Waals surface area contributed by atoms with Crippen LogP contribution in [-0.2, 0) is 11.2 Å². The van der Waals surface area contributed by atoms with E-state index in [0.717, 1.165) is 17.8 Å². The summed E-state index contributed by atoms with van der Waals surface area (Å²) in [5, 5.41) is 4.27. The standard InChI is InChI=1S/C14H17N3O/c1-3-16(2)14(18)9-12-10-15-17(11-12)13-7-5-4-6-8-13/h4-8,10-11H,3,9H2,1-2H3. The Bertz CT molecular complexity index is 519. The number of hydrogen-bond donors (Lipinski definition) is 0. The second-order valence-electron chi connectivity index (χ2n) is 4.21. The fourth-order valence-corrected chi connectivity index (χ4v) is 1.66. The number of benzene rings is 1. The van der Waals surface area contributed by atoms with E-state index in [9.17, 15) is 4.79 Å². The van der Waals surface area contributed by atoms with Crippen LogP contribution in [-0.4, -0.2) is 34.2 Å². The maximum absolute atomic E-state index is 11.8. The molecule has 0 aliphatic rings. The predicted molar refractivity (Wildman–Crippen MR) is 70.6 cm³/mol. The van der Waals surface area contributed by atoms with Gasteiger partial charge < -0.3 is 4.90 Å². The molecular weight excluding hydrogens is 226 g/mol. The molecule has 18 heavy (non-hydrogen) atoms. The summed E-state index contributed by atoms with van der Waals surface area (Å²) in [6.07, 6.45) is 4.04. The molecule has 1 amide bonds. The molecule has 0 saturated heterocycles. The van der Waals surface area contributed by atoms with Crippen LogP contribution in [0, 0.1) is 0 Å². The summed E-state index contributed by atoms with van der Waals surface area (Å²) >= 11 is 0. The van der Waals surface area contributed by atoms with Gasteiger partial charge in [-0.25, -0.2) is 4.68 Å². The normalized spacial score (nSPS) is 10.3. The number of carbonyl (C=O) groups is 1. The quantitative estimate of drug-likeness (QED) is 0.822. The van der Waals surface area contributed by atoms with E-state index in [1.54, 1.807) is 15.8 Å². The molecule has 1 aromatic carbocycles. The molecule has 0 bridgehead atoms. The monoisotopic (exact) mass is 243 g/mol. The van der Waals surface area contributed by atoms with E-state index in [0.29, 0.717) is 6.42 Å². The Morgan fingerprint density at radius 2 is 2.06 bits per heavy atom. The van der Waals surface area contributed by atoms with E-state index in [-0.39, 0.29) is 5.91 Å². The van der Waals surface area contributed by atoms with Crippen molar-refractivity contribution in [3.8, 4) is 5.69 Å². The Morgan fingerprint density at radius 1 is 1.33 bits per heavy atom. The van der Waals surface area contributed by atoms with Gasteiger partial charge in [-0.15, -0.1) is 0 Å². The summed E-state index contributed by atoms with van der Waals surface area (Å²) in [7, 11) is 1.81. The fraction of sp³-hybridized carbons (Fsp3) is 0.286. The van der Waals surface area contributed by atoms with Gasteiger partial charge in [-0.2, -0.15) is 5.10 Å². The Labute approximate surface area is 107 Å². The lowest BCUT2D eigenvalue weighted by Crippen LogP contribution is -2.27. The van der Waals surface area contributed by atoms with E-state index in [1.807, 2.05) is 50.5 Å². The lowest BCUT2D eigenvalue weighted by molar-refractivity contribution is -0.128. The molecule has 2 rings (SSSR count). The van der Waals surface area contributed by atoms with Crippen molar-refractivity contribution >= 4 is 5.91 Å². The summed E-state index contributed by atoms with van der Waals surface area (Å²) in [5.41, 5.74) is 1.93. The topological polar surface area (TPSA) is 38.1 Å². The molecule has 0 aliphatic carbocycles. The molecule has 0 spiro atoms. The zero-order valence-corrected chi connectivity index (χ0v) is 10.7. The van der Waals surface area contributed by atoms with Gasteiger partial charge in [0.1, 0.15) is 0 Å². The van der Waals surface area contributed by atoms with Crippen LogP contribution in [0.25, 0.3) is 5.69 Å². The number of likely N-dealkylation sites (N-methyl/N-ethyl adjacent to an activating group) is 1. The third kappa shape index (κ3) is 2.77. The van der Waals surface area contributed by atoms with Crippen LogP contribution in [0.4, 0.5) is 0 Å². The van der Waals surface area contributed by atoms with E-state index < -0.39 is 0 Å². The molecule has 2 aromatic rings. The smallest absolute Gasteiger partial charge is 0.226 e. The number of amides is 1. The molecule has 0 aliphatic heterocycles. The van der Waals surface area contributed by atoms with Gasteiger partial charge in [-0.3, -0.25) is 4.79 Å². The number of hydrogen-bond acceptors (Lipinski definition) is 2. The van der Waals surface area contributed by atoms with Crippen LogP contribution in [0.1, 0.15) is 12.5 Å². The van der Waals surface area contributed by atoms with Gasteiger partial charge in [0, 0.05) is 19.8 Å². The van der Waals surface area contributed by atoms with Gasteiger partial charge in [-0.1, -0.05) is 18.2 Å². The Morgan fingerprint density at radius 3 is 2.72 bits per heavy atom. The van der Waals surface area contributed by atoms with Gasteiger partial charge in [-0.05, 0) is 24.6 Å². The number of para-hydroxylation sites is 1. The Kier molecular flexibility index (Phi) is 3.77.